The molecule has 0 N–H and O–H groups in total. The molecule has 3 heteroatoms. The molecular weight excluding hydrogens is 204 g/mol. The van der Waals surface area contributed by atoms with E-state index < -0.39 is 0 Å². The molecular formula is C9H8S3. The largest absolute Gasteiger partial charge is 0.131 e. The topological polar surface area (TPSA) is 0 Å². The molecule has 0 aliphatic rings. The normalized spacial score (nSPS) is 9.50. The van der Waals surface area contributed by atoms with Crippen molar-refractivity contribution in [2.24, 2.45) is 0 Å². The monoisotopic (exact) mass is 212 g/mol. The maximum absolute atomic E-state index is 5.02. The third-order valence-electron chi connectivity index (χ3n) is 1.54. The summed E-state index contributed by atoms with van der Waals surface area (Å²) in [5, 5.41) is 0. The van der Waals surface area contributed by atoms with E-state index in [0.717, 1.165) is 16.0 Å². The lowest BCUT2D eigenvalue weighted by Gasteiger charge is -1.99. The Morgan fingerprint density at radius 3 is 1.83 bits per heavy atom. The second-order valence-electron chi connectivity index (χ2n) is 2.44. The summed E-state index contributed by atoms with van der Waals surface area (Å²) < 4.78 is 0.614. The van der Waals surface area contributed by atoms with Crippen molar-refractivity contribution in [2.75, 3.05) is 0 Å². The highest BCUT2D eigenvalue weighted by molar-refractivity contribution is 8.11. The highest BCUT2D eigenvalue weighted by atomic mass is 32.1. The van der Waals surface area contributed by atoms with E-state index in [0.29, 0.717) is 4.20 Å². The molecule has 0 saturated carbocycles. The van der Waals surface area contributed by atoms with Gasteiger partial charge >= 0.3 is 0 Å². The SMILES string of the molecule is CC(=S)c1ccc(C(=S)S)cc1. The second kappa shape index (κ2) is 4.12. The zero-order valence-corrected chi connectivity index (χ0v) is 9.10. The van der Waals surface area contributed by atoms with Crippen LogP contribution in [-0.2, 0) is 0 Å². The Morgan fingerprint density at radius 1 is 1.08 bits per heavy atom. The highest BCUT2D eigenvalue weighted by Gasteiger charge is 1.97. The van der Waals surface area contributed by atoms with Gasteiger partial charge in [0.15, 0.2) is 0 Å². The van der Waals surface area contributed by atoms with Crippen LogP contribution in [0.3, 0.4) is 0 Å². The fourth-order valence-electron chi connectivity index (χ4n) is 0.848. The van der Waals surface area contributed by atoms with E-state index >= 15 is 0 Å². The number of hydrogen-bond acceptors (Lipinski definition) is 2. The van der Waals surface area contributed by atoms with Gasteiger partial charge in [-0.1, -0.05) is 48.7 Å². The maximum atomic E-state index is 5.02. The number of hydrogen-bond donors (Lipinski definition) is 1. The Balaban J connectivity index is 3.01. The predicted molar refractivity (Wildman–Crippen MR) is 64.5 cm³/mol. The van der Waals surface area contributed by atoms with E-state index in [1.54, 1.807) is 0 Å². The lowest BCUT2D eigenvalue weighted by molar-refractivity contribution is 1.63. The van der Waals surface area contributed by atoms with Crippen LogP contribution in [0.1, 0.15) is 18.1 Å². The molecule has 0 aliphatic heterocycles. The van der Waals surface area contributed by atoms with Gasteiger partial charge in [0.05, 0.1) is 4.20 Å². The van der Waals surface area contributed by atoms with E-state index in [1.807, 2.05) is 31.2 Å². The number of rotatable bonds is 2. The van der Waals surface area contributed by atoms with Crippen LogP contribution in [-0.4, -0.2) is 9.06 Å². The van der Waals surface area contributed by atoms with Gasteiger partial charge in [0.1, 0.15) is 0 Å². The Kier molecular flexibility index (Phi) is 3.38. The minimum absolute atomic E-state index is 0.614. The molecule has 0 unspecified atom stereocenters. The molecule has 0 radical (unpaired) electrons. The van der Waals surface area contributed by atoms with Gasteiger partial charge in [-0.3, -0.25) is 0 Å². The molecule has 0 atom stereocenters. The van der Waals surface area contributed by atoms with Crippen LogP contribution in [0.4, 0.5) is 0 Å². The summed E-state index contributed by atoms with van der Waals surface area (Å²) in [5.74, 6) is 0. The number of benzene rings is 1. The van der Waals surface area contributed by atoms with Crippen molar-refractivity contribution in [3.8, 4) is 0 Å². The quantitative estimate of drug-likeness (QED) is 0.454. The average molecular weight is 212 g/mol. The van der Waals surface area contributed by atoms with Crippen LogP contribution in [0.2, 0.25) is 0 Å². The van der Waals surface area contributed by atoms with Gasteiger partial charge in [-0.2, -0.15) is 0 Å². The molecule has 0 saturated heterocycles. The average Bonchev–Trinajstić information content (AvgIpc) is 2.04. The van der Waals surface area contributed by atoms with Crippen LogP contribution in [0.25, 0.3) is 0 Å². The Hall–Kier alpha value is -0.250. The van der Waals surface area contributed by atoms with Crippen molar-refractivity contribution >= 4 is 46.1 Å². The van der Waals surface area contributed by atoms with E-state index in [2.05, 4.69) is 12.6 Å². The first-order chi connectivity index (χ1) is 5.61. The van der Waals surface area contributed by atoms with E-state index in [-0.39, 0.29) is 0 Å². The van der Waals surface area contributed by atoms with Gasteiger partial charge in [0.2, 0.25) is 0 Å². The van der Waals surface area contributed by atoms with Gasteiger partial charge in [0.25, 0.3) is 0 Å². The zero-order valence-electron chi connectivity index (χ0n) is 6.57. The minimum atomic E-state index is 0.614. The Morgan fingerprint density at radius 2 is 1.50 bits per heavy atom. The molecule has 0 nitrogen and oxygen atoms in total. The van der Waals surface area contributed by atoms with Crippen LogP contribution in [0.15, 0.2) is 24.3 Å². The third-order valence-corrected chi connectivity index (χ3v) is 2.27. The lowest BCUT2D eigenvalue weighted by atomic mass is 10.1. The van der Waals surface area contributed by atoms with Crippen LogP contribution >= 0.6 is 37.1 Å². The van der Waals surface area contributed by atoms with Crippen LogP contribution in [0.5, 0.6) is 0 Å². The molecule has 0 aromatic heterocycles. The van der Waals surface area contributed by atoms with Gasteiger partial charge in [-0.15, -0.1) is 12.6 Å². The first-order valence-electron chi connectivity index (χ1n) is 3.45. The summed E-state index contributed by atoms with van der Waals surface area (Å²) in [5.41, 5.74) is 2.03. The van der Waals surface area contributed by atoms with E-state index in [1.165, 1.54) is 0 Å². The molecule has 0 aliphatic carbocycles. The third kappa shape index (κ3) is 2.37. The van der Waals surface area contributed by atoms with Crippen LogP contribution in [0, 0.1) is 0 Å². The van der Waals surface area contributed by atoms with Crippen molar-refractivity contribution in [1.29, 1.82) is 0 Å². The van der Waals surface area contributed by atoms with Crippen molar-refractivity contribution in [3.05, 3.63) is 35.4 Å². The molecule has 62 valence electrons. The molecule has 0 spiro atoms. The van der Waals surface area contributed by atoms with Crippen molar-refractivity contribution in [3.63, 3.8) is 0 Å². The van der Waals surface area contributed by atoms with Gasteiger partial charge in [-0.25, -0.2) is 0 Å². The van der Waals surface area contributed by atoms with Crippen molar-refractivity contribution in [2.45, 2.75) is 6.92 Å². The first kappa shape index (κ1) is 9.84. The van der Waals surface area contributed by atoms with E-state index in [9.17, 15) is 0 Å². The molecule has 0 amide bonds. The summed E-state index contributed by atoms with van der Waals surface area (Å²) in [4.78, 5) is 0.895. The van der Waals surface area contributed by atoms with Gasteiger partial charge in [0, 0.05) is 4.86 Å². The molecule has 0 heterocycles. The van der Waals surface area contributed by atoms with E-state index in [4.69, 9.17) is 24.4 Å². The van der Waals surface area contributed by atoms with Crippen molar-refractivity contribution < 1.29 is 0 Å². The molecule has 12 heavy (non-hydrogen) atoms. The summed E-state index contributed by atoms with van der Waals surface area (Å²) in [7, 11) is 0. The Bertz CT molecular complexity index is 278. The smallest absolute Gasteiger partial charge is 0.0747 e. The van der Waals surface area contributed by atoms with Crippen molar-refractivity contribution in [1.82, 2.24) is 0 Å². The standard InChI is InChI=1S/C9H8S3/c1-6(10)7-2-4-8(5-3-7)9(11)12/h2-5H,1H3,(H,11,12). The zero-order chi connectivity index (χ0) is 9.14. The predicted octanol–water partition coefficient (Wildman–Crippen LogP) is 3.03. The van der Waals surface area contributed by atoms with Gasteiger partial charge in [-0.05, 0) is 18.1 Å². The Labute approximate surface area is 88.4 Å². The first-order valence-corrected chi connectivity index (χ1v) is 4.72. The summed E-state index contributed by atoms with van der Waals surface area (Å²) in [6.07, 6.45) is 0. The van der Waals surface area contributed by atoms with Gasteiger partial charge < -0.3 is 0 Å². The molecule has 1 aromatic rings. The summed E-state index contributed by atoms with van der Waals surface area (Å²) >= 11 is 14.0. The summed E-state index contributed by atoms with van der Waals surface area (Å²) in [6.45, 7) is 1.91. The molecule has 1 aromatic carbocycles. The molecule has 0 fully saturated rings. The van der Waals surface area contributed by atoms with Crippen LogP contribution < -0.4 is 0 Å². The minimum Gasteiger partial charge on any atom is -0.131 e. The fourth-order valence-corrected chi connectivity index (χ4v) is 1.27. The fraction of sp³-hybridized carbons (Fsp3) is 0.111. The number of thiocarbonyl (C=S) groups is 2. The second-order valence-corrected chi connectivity index (χ2v) is 4.21. The highest BCUT2D eigenvalue weighted by Crippen LogP contribution is 2.08. The molecule has 0 bridgehead atoms. The summed E-state index contributed by atoms with van der Waals surface area (Å²) in [6, 6.07) is 7.78. The maximum Gasteiger partial charge on any atom is 0.0747 e. The number of thiol groups is 1. The lowest BCUT2D eigenvalue weighted by Crippen LogP contribution is -1.92. The molecule has 1 rings (SSSR count).